The fraction of sp³-hybridized carbons (Fsp3) is 0.462. The molecule has 0 fully saturated rings. The molecule has 0 bridgehead atoms. The summed E-state index contributed by atoms with van der Waals surface area (Å²) in [4.78, 5) is 11.3. The number of benzene rings is 1. The predicted octanol–water partition coefficient (Wildman–Crippen LogP) is 2.94. The van der Waals surface area contributed by atoms with E-state index in [1.807, 2.05) is 0 Å². The van der Waals surface area contributed by atoms with Crippen molar-refractivity contribution in [3.05, 3.63) is 29.3 Å². The van der Waals surface area contributed by atoms with Gasteiger partial charge >= 0.3 is 13.6 Å². The molecule has 0 aromatic heterocycles. The first-order valence-corrected chi connectivity index (χ1v) is 7.97. The number of aromatic hydroxyl groups is 1. The maximum Gasteiger partial charge on any atom is 0.337 e. The summed E-state index contributed by atoms with van der Waals surface area (Å²) in [5, 5.41) is 9.90. The SMILES string of the molecule is CCOP(=O)(Cc1ccc(C(=O)OC)cc1O)OCC. The lowest BCUT2D eigenvalue weighted by Gasteiger charge is -2.17. The predicted molar refractivity (Wildman–Crippen MR) is 74.0 cm³/mol. The maximum absolute atomic E-state index is 12.4. The van der Waals surface area contributed by atoms with Gasteiger partial charge in [-0.05, 0) is 26.0 Å². The minimum absolute atomic E-state index is 0.0536. The fourth-order valence-corrected chi connectivity index (χ4v) is 3.40. The Labute approximate surface area is 118 Å². The molecule has 1 aromatic carbocycles. The van der Waals surface area contributed by atoms with Crippen LogP contribution in [0.15, 0.2) is 18.2 Å². The van der Waals surface area contributed by atoms with Crippen molar-refractivity contribution in [1.29, 1.82) is 0 Å². The fourth-order valence-electron chi connectivity index (χ4n) is 1.67. The monoisotopic (exact) mass is 302 g/mol. The van der Waals surface area contributed by atoms with E-state index in [4.69, 9.17) is 9.05 Å². The second-order valence-electron chi connectivity index (χ2n) is 3.94. The Hall–Kier alpha value is -1.36. The second-order valence-corrected chi connectivity index (χ2v) is 5.99. The van der Waals surface area contributed by atoms with E-state index in [0.29, 0.717) is 5.56 Å². The molecule has 0 heterocycles. The smallest absolute Gasteiger partial charge is 0.337 e. The lowest BCUT2D eigenvalue weighted by molar-refractivity contribution is 0.0600. The Kier molecular flexibility index (Phi) is 6.20. The van der Waals surface area contributed by atoms with Crippen LogP contribution < -0.4 is 0 Å². The second kappa shape index (κ2) is 7.43. The Morgan fingerprint density at radius 3 is 2.30 bits per heavy atom. The van der Waals surface area contributed by atoms with E-state index in [2.05, 4.69) is 4.74 Å². The topological polar surface area (TPSA) is 82.1 Å². The molecule has 6 nitrogen and oxygen atoms in total. The quantitative estimate of drug-likeness (QED) is 0.616. The van der Waals surface area contributed by atoms with Crippen LogP contribution in [0.5, 0.6) is 5.75 Å². The van der Waals surface area contributed by atoms with Gasteiger partial charge in [0.25, 0.3) is 0 Å². The van der Waals surface area contributed by atoms with Gasteiger partial charge in [0, 0.05) is 5.56 Å². The normalized spacial score (nSPS) is 11.3. The summed E-state index contributed by atoms with van der Waals surface area (Å²) in [6.07, 6.45) is -0.0536. The zero-order chi connectivity index (χ0) is 15.2. The first kappa shape index (κ1) is 16.7. The first-order valence-electron chi connectivity index (χ1n) is 6.24. The first-order chi connectivity index (χ1) is 9.45. The Balaban J connectivity index is 2.97. The molecule has 0 atom stereocenters. The molecular weight excluding hydrogens is 283 g/mol. The Bertz CT molecular complexity index is 504. The number of hydrogen-bond acceptors (Lipinski definition) is 6. The van der Waals surface area contributed by atoms with E-state index < -0.39 is 13.6 Å². The van der Waals surface area contributed by atoms with E-state index in [1.165, 1.54) is 25.3 Å². The zero-order valence-corrected chi connectivity index (χ0v) is 12.7. The van der Waals surface area contributed by atoms with Gasteiger partial charge in [-0.1, -0.05) is 6.07 Å². The van der Waals surface area contributed by atoms with Crippen molar-refractivity contribution >= 4 is 13.6 Å². The largest absolute Gasteiger partial charge is 0.508 e. The Morgan fingerprint density at radius 2 is 1.85 bits per heavy atom. The molecule has 0 saturated heterocycles. The standard InChI is InChI=1S/C13H19O6P/c1-4-18-20(16,19-5-2)9-11-7-6-10(8-12(11)14)13(15)17-3/h6-8,14H,4-5,9H2,1-3H3. The molecule has 7 heteroatoms. The van der Waals surface area contributed by atoms with Gasteiger partial charge in [0.2, 0.25) is 0 Å². The average Bonchev–Trinajstić information content (AvgIpc) is 2.40. The van der Waals surface area contributed by atoms with Crippen molar-refractivity contribution in [3.63, 3.8) is 0 Å². The highest BCUT2D eigenvalue weighted by Crippen LogP contribution is 2.52. The van der Waals surface area contributed by atoms with Crippen molar-refractivity contribution in [2.24, 2.45) is 0 Å². The van der Waals surface area contributed by atoms with Crippen molar-refractivity contribution in [2.75, 3.05) is 20.3 Å². The van der Waals surface area contributed by atoms with Crippen molar-refractivity contribution in [1.82, 2.24) is 0 Å². The minimum Gasteiger partial charge on any atom is -0.508 e. The average molecular weight is 302 g/mol. The van der Waals surface area contributed by atoms with Gasteiger partial charge in [-0.2, -0.15) is 0 Å². The van der Waals surface area contributed by atoms with Gasteiger partial charge in [0.05, 0.1) is 32.0 Å². The Morgan fingerprint density at radius 1 is 1.25 bits per heavy atom. The van der Waals surface area contributed by atoms with Gasteiger partial charge < -0.3 is 18.9 Å². The molecule has 0 spiro atoms. The number of methoxy groups -OCH3 is 1. The molecule has 112 valence electrons. The third kappa shape index (κ3) is 4.34. The van der Waals surface area contributed by atoms with Crippen LogP contribution in [0.25, 0.3) is 0 Å². The van der Waals surface area contributed by atoms with E-state index in [9.17, 15) is 14.5 Å². The third-order valence-electron chi connectivity index (χ3n) is 2.52. The summed E-state index contributed by atoms with van der Waals surface area (Å²) in [5.41, 5.74) is 0.610. The van der Waals surface area contributed by atoms with E-state index >= 15 is 0 Å². The van der Waals surface area contributed by atoms with Crippen LogP contribution in [-0.2, 0) is 24.5 Å². The van der Waals surface area contributed by atoms with Gasteiger partial charge in [-0.3, -0.25) is 4.57 Å². The van der Waals surface area contributed by atoms with Crippen molar-refractivity contribution in [3.8, 4) is 5.75 Å². The number of rotatable bonds is 7. The summed E-state index contributed by atoms with van der Waals surface area (Å²) in [5.74, 6) is -0.697. The third-order valence-corrected chi connectivity index (χ3v) is 4.55. The molecule has 0 amide bonds. The summed E-state index contributed by atoms with van der Waals surface area (Å²) >= 11 is 0. The lowest BCUT2D eigenvalue weighted by Crippen LogP contribution is -2.03. The number of ether oxygens (including phenoxy) is 1. The molecule has 1 rings (SSSR count). The number of phenolic OH excluding ortho intramolecular Hbond substituents is 1. The minimum atomic E-state index is -3.29. The molecule has 0 saturated carbocycles. The molecule has 0 unspecified atom stereocenters. The van der Waals surface area contributed by atoms with Gasteiger partial charge in [0.15, 0.2) is 0 Å². The molecule has 0 radical (unpaired) electrons. The maximum atomic E-state index is 12.4. The molecule has 0 aliphatic rings. The highest BCUT2D eigenvalue weighted by atomic mass is 31.2. The zero-order valence-electron chi connectivity index (χ0n) is 11.8. The van der Waals surface area contributed by atoms with E-state index in [1.54, 1.807) is 13.8 Å². The van der Waals surface area contributed by atoms with Crippen LogP contribution in [0, 0.1) is 0 Å². The highest BCUT2D eigenvalue weighted by molar-refractivity contribution is 7.53. The van der Waals surface area contributed by atoms with E-state index in [0.717, 1.165) is 0 Å². The van der Waals surface area contributed by atoms with Crippen molar-refractivity contribution < 1.29 is 28.3 Å². The molecule has 0 aliphatic carbocycles. The lowest BCUT2D eigenvalue weighted by atomic mass is 10.1. The van der Waals surface area contributed by atoms with Crippen LogP contribution in [0.1, 0.15) is 29.8 Å². The van der Waals surface area contributed by atoms with Crippen LogP contribution in [0.2, 0.25) is 0 Å². The summed E-state index contributed by atoms with van der Waals surface area (Å²) in [6.45, 7) is 3.92. The number of carbonyl (C=O) groups is 1. The van der Waals surface area contributed by atoms with Crippen LogP contribution in [0.3, 0.4) is 0 Å². The summed E-state index contributed by atoms with van der Waals surface area (Å²) in [7, 11) is -2.03. The van der Waals surface area contributed by atoms with Crippen LogP contribution in [-0.4, -0.2) is 31.4 Å². The number of phenols is 1. The van der Waals surface area contributed by atoms with Crippen LogP contribution in [0.4, 0.5) is 0 Å². The molecule has 1 aromatic rings. The molecule has 1 N–H and O–H groups in total. The summed E-state index contributed by atoms with van der Waals surface area (Å²) in [6, 6.07) is 4.26. The van der Waals surface area contributed by atoms with Gasteiger partial charge in [-0.25, -0.2) is 4.79 Å². The molecular formula is C13H19O6P. The number of hydrogen-bond donors (Lipinski definition) is 1. The molecule has 20 heavy (non-hydrogen) atoms. The van der Waals surface area contributed by atoms with Crippen molar-refractivity contribution in [2.45, 2.75) is 20.0 Å². The van der Waals surface area contributed by atoms with Gasteiger partial charge in [0.1, 0.15) is 5.75 Å². The van der Waals surface area contributed by atoms with E-state index in [-0.39, 0.29) is 30.7 Å². The van der Waals surface area contributed by atoms with Gasteiger partial charge in [-0.15, -0.1) is 0 Å². The van der Waals surface area contributed by atoms with Crippen LogP contribution >= 0.6 is 7.60 Å². The highest BCUT2D eigenvalue weighted by Gasteiger charge is 2.25. The number of carbonyl (C=O) groups excluding carboxylic acids is 1. The summed E-state index contributed by atoms with van der Waals surface area (Å²) < 4.78 is 27.2. The molecule has 0 aliphatic heterocycles. The number of esters is 1.